The van der Waals surface area contributed by atoms with Crippen LogP contribution in [0, 0.1) is 0 Å². The SMILES string of the molecule is CN1C(=O)/C(=C/c2cc(Cl)cc(Cl)c2OCc2c(Cl)cccc2Cl)SC1=S. The number of rotatable bonds is 4. The van der Waals surface area contributed by atoms with Crippen LogP contribution in [-0.4, -0.2) is 22.2 Å². The largest absolute Gasteiger partial charge is 0.487 e. The van der Waals surface area contributed by atoms with Gasteiger partial charge in [0.2, 0.25) is 0 Å². The van der Waals surface area contributed by atoms with Crippen LogP contribution >= 0.6 is 70.4 Å². The van der Waals surface area contributed by atoms with Crippen LogP contribution in [0.1, 0.15) is 11.1 Å². The van der Waals surface area contributed by atoms with E-state index < -0.39 is 0 Å². The Hall–Kier alpha value is -0.950. The van der Waals surface area contributed by atoms with Crippen LogP contribution in [0.4, 0.5) is 0 Å². The molecule has 0 N–H and O–H groups in total. The van der Waals surface area contributed by atoms with Crippen molar-refractivity contribution in [3.8, 4) is 5.75 Å². The smallest absolute Gasteiger partial charge is 0.265 e. The molecule has 9 heteroatoms. The lowest BCUT2D eigenvalue weighted by atomic mass is 10.1. The van der Waals surface area contributed by atoms with Gasteiger partial charge in [0.1, 0.15) is 16.7 Å². The number of halogens is 4. The molecular weight excluding hydrogens is 468 g/mol. The number of thioether (sulfide) groups is 1. The van der Waals surface area contributed by atoms with Crippen LogP contribution in [0.5, 0.6) is 5.75 Å². The highest BCUT2D eigenvalue weighted by Gasteiger charge is 2.29. The monoisotopic (exact) mass is 477 g/mol. The predicted octanol–water partition coefficient (Wildman–Crippen LogP) is 6.71. The number of benzene rings is 2. The summed E-state index contributed by atoms with van der Waals surface area (Å²) in [6.07, 6.45) is 1.66. The highest BCUT2D eigenvalue weighted by molar-refractivity contribution is 8.26. The van der Waals surface area contributed by atoms with Crippen molar-refractivity contribution in [1.29, 1.82) is 0 Å². The van der Waals surface area contributed by atoms with Crippen molar-refractivity contribution in [2.75, 3.05) is 7.05 Å². The van der Waals surface area contributed by atoms with Gasteiger partial charge in [-0.2, -0.15) is 0 Å². The predicted molar refractivity (Wildman–Crippen MR) is 118 cm³/mol. The van der Waals surface area contributed by atoms with Crippen LogP contribution in [0.15, 0.2) is 35.2 Å². The van der Waals surface area contributed by atoms with E-state index in [4.69, 9.17) is 63.4 Å². The molecule has 1 amide bonds. The van der Waals surface area contributed by atoms with Gasteiger partial charge < -0.3 is 4.74 Å². The fraction of sp³-hybridized carbons (Fsp3) is 0.111. The van der Waals surface area contributed by atoms with E-state index in [1.807, 2.05) is 0 Å². The molecule has 27 heavy (non-hydrogen) atoms. The van der Waals surface area contributed by atoms with Crippen LogP contribution in [0.3, 0.4) is 0 Å². The number of amides is 1. The molecule has 1 heterocycles. The summed E-state index contributed by atoms with van der Waals surface area (Å²) in [5.74, 6) is 0.180. The van der Waals surface area contributed by atoms with Gasteiger partial charge in [0, 0.05) is 33.2 Å². The maximum Gasteiger partial charge on any atom is 0.265 e. The second kappa shape index (κ2) is 8.60. The van der Waals surface area contributed by atoms with Gasteiger partial charge in [-0.3, -0.25) is 9.69 Å². The van der Waals surface area contributed by atoms with Crippen molar-refractivity contribution in [1.82, 2.24) is 4.90 Å². The molecule has 1 aliphatic rings. The molecule has 0 unspecified atom stereocenters. The fourth-order valence-electron chi connectivity index (χ4n) is 2.34. The number of thiocarbonyl (C=S) groups is 1. The molecule has 0 radical (unpaired) electrons. The fourth-order valence-corrected chi connectivity index (χ4v) is 4.58. The topological polar surface area (TPSA) is 29.5 Å². The Labute approximate surface area is 186 Å². The van der Waals surface area contributed by atoms with Gasteiger partial charge in [-0.1, -0.05) is 76.4 Å². The summed E-state index contributed by atoms with van der Waals surface area (Å²) in [4.78, 5) is 14.1. The number of carbonyl (C=O) groups is 1. The van der Waals surface area contributed by atoms with E-state index in [9.17, 15) is 4.79 Å². The number of hydrogen-bond acceptors (Lipinski definition) is 4. The molecule has 0 bridgehead atoms. The Morgan fingerprint density at radius 1 is 1.15 bits per heavy atom. The lowest BCUT2D eigenvalue weighted by Crippen LogP contribution is -2.22. The lowest BCUT2D eigenvalue weighted by molar-refractivity contribution is -0.121. The van der Waals surface area contributed by atoms with Gasteiger partial charge in [0.25, 0.3) is 5.91 Å². The third-order valence-corrected chi connectivity index (χ3v) is 6.42. The molecule has 1 aliphatic heterocycles. The normalized spacial score (nSPS) is 15.7. The van der Waals surface area contributed by atoms with Gasteiger partial charge >= 0.3 is 0 Å². The van der Waals surface area contributed by atoms with E-state index >= 15 is 0 Å². The summed E-state index contributed by atoms with van der Waals surface area (Å²) in [5.41, 5.74) is 1.20. The third kappa shape index (κ3) is 4.56. The molecule has 3 nitrogen and oxygen atoms in total. The summed E-state index contributed by atoms with van der Waals surface area (Å²) >= 11 is 31.2. The van der Waals surface area contributed by atoms with Gasteiger partial charge in [-0.05, 0) is 30.3 Å². The molecule has 2 aromatic carbocycles. The van der Waals surface area contributed by atoms with E-state index in [1.54, 1.807) is 43.5 Å². The lowest BCUT2D eigenvalue weighted by Gasteiger charge is -2.14. The Morgan fingerprint density at radius 3 is 2.41 bits per heavy atom. The maximum atomic E-state index is 12.3. The van der Waals surface area contributed by atoms with E-state index in [0.717, 1.165) is 0 Å². The number of hydrogen-bond donors (Lipinski definition) is 0. The average molecular weight is 479 g/mol. The zero-order chi connectivity index (χ0) is 19.7. The second-order valence-electron chi connectivity index (χ2n) is 5.54. The van der Waals surface area contributed by atoms with Crippen LogP contribution in [0.25, 0.3) is 6.08 Å². The molecule has 1 saturated heterocycles. The van der Waals surface area contributed by atoms with E-state index in [0.29, 0.717) is 46.2 Å². The molecular formula is C18H11Cl4NO2S2. The average Bonchev–Trinajstić information content (AvgIpc) is 2.83. The summed E-state index contributed by atoms with van der Waals surface area (Å²) in [7, 11) is 1.63. The van der Waals surface area contributed by atoms with E-state index in [1.165, 1.54) is 16.7 Å². The number of likely N-dealkylation sites (N-methyl/N-ethyl adjacent to an activating group) is 1. The van der Waals surface area contributed by atoms with Crippen molar-refractivity contribution in [2.45, 2.75) is 6.61 Å². The number of nitrogens with zero attached hydrogens (tertiary/aromatic N) is 1. The molecule has 0 saturated carbocycles. The second-order valence-corrected chi connectivity index (χ2v) is 8.87. The maximum absolute atomic E-state index is 12.3. The van der Waals surface area contributed by atoms with Gasteiger partial charge in [-0.25, -0.2) is 0 Å². The first-order chi connectivity index (χ1) is 12.8. The first-order valence-electron chi connectivity index (χ1n) is 7.54. The zero-order valence-corrected chi connectivity index (χ0v) is 18.4. The Bertz CT molecular complexity index is 958. The summed E-state index contributed by atoms with van der Waals surface area (Å²) in [5, 5.41) is 1.70. The molecule has 3 rings (SSSR count). The van der Waals surface area contributed by atoms with Crippen molar-refractivity contribution < 1.29 is 9.53 Å². The Kier molecular flexibility index (Phi) is 6.62. The molecule has 1 fully saturated rings. The minimum Gasteiger partial charge on any atom is -0.487 e. The summed E-state index contributed by atoms with van der Waals surface area (Å²) < 4.78 is 6.38. The molecule has 0 aliphatic carbocycles. The van der Waals surface area contributed by atoms with E-state index in [-0.39, 0.29) is 12.5 Å². The van der Waals surface area contributed by atoms with Gasteiger partial charge in [0.05, 0.1) is 9.93 Å². The first-order valence-corrected chi connectivity index (χ1v) is 10.3. The van der Waals surface area contributed by atoms with Crippen LogP contribution in [-0.2, 0) is 11.4 Å². The van der Waals surface area contributed by atoms with Crippen molar-refractivity contribution >= 4 is 86.7 Å². The molecule has 140 valence electrons. The minimum atomic E-state index is -0.193. The summed E-state index contributed by atoms with van der Waals surface area (Å²) in [6, 6.07) is 8.43. The number of ether oxygens (including phenoxy) is 1. The van der Waals surface area contributed by atoms with Gasteiger partial charge in [-0.15, -0.1) is 0 Å². The van der Waals surface area contributed by atoms with E-state index in [2.05, 4.69) is 0 Å². The van der Waals surface area contributed by atoms with Crippen LogP contribution < -0.4 is 4.74 Å². The van der Waals surface area contributed by atoms with Crippen molar-refractivity contribution in [3.63, 3.8) is 0 Å². The van der Waals surface area contributed by atoms with Crippen molar-refractivity contribution in [2.24, 2.45) is 0 Å². The minimum absolute atomic E-state index is 0.107. The molecule has 2 aromatic rings. The van der Waals surface area contributed by atoms with Crippen LogP contribution in [0.2, 0.25) is 20.1 Å². The highest BCUT2D eigenvalue weighted by atomic mass is 35.5. The first kappa shape index (κ1) is 20.8. The quantitative estimate of drug-likeness (QED) is 0.360. The summed E-state index contributed by atoms with van der Waals surface area (Å²) in [6.45, 7) is 0.107. The Morgan fingerprint density at radius 2 is 1.81 bits per heavy atom. The van der Waals surface area contributed by atoms with Crippen molar-refractivity contribution in [3.05, 3.63) is 66.5 Å². The molecule has 0 spiro atoms. The van der Waals surface area contributed by atoms with Gasteiger partial charge in [0.15, 0.2) is 0 Å². The third-order valence-electron chi connectivity index (χ3n) is 3.73. The molecule has 0 aromatic heterocycles. The zero-order valence-electron chi connectivity index (χ0n) is 13.8. The highest BCUT2D eigenvalue weighted by Crippen LogP contribution is 2.38. The Balaban J connectivity index is 1.96. The number of carbonyl (C=O) groups excluding carboxylic acids is 1. The standard InChI is InChI=1S/C18H11Cl4NO2S2/c1-23-17(24)15(27-18(23)26)6-9-5-10(19)7-14(22)16(9)25-8-11-12(20)3-2-4-13(11)21/h2-7H,8H2,1H3/b15-6-. The molecule has 0 atom stereocenters.